The fourth-order valence-corrected chi connectivity index (χ4v) is 4.65. The Bertz CT molecular complexity index is 1280. The van der Waals surface area contributed by atoms with E-state index in [0.717, 1.165) is 32.2 Å². The van der Waals surface area contributed by atoms with Gasteiger partial charge in [0.25, 0.3) is 15.9 Å². The van der Waals surface area contributed by atoms with E-state index in [1.54, 1.807) is 36.4 Å². The van der Waals surface area contributed by atoms with Gasteiger partial charge in [0.05, 0.1) is 16.8 Å². The molecule has 0 spiro atoms. The van der Waals surface area contributed by atoms with Gasteiger partial charge in [0.15, 0.2) is 0 Å². The number of nitrogens with one attached hydrogen (secondary N) is 1. The molecule has 3 rings (SSSR count). The molecule has 8 heteroatoms. The number of hydrogen-bond acceptors (Lipinski definition) is 5. The predicted molar refractivity (Wildman–Crippen MR) is 138 cm³/mol. The highest BCUT2D eigenvalue weighted by atomic mass is 32.2. The minimum Gasteiger partial charge on any atom is -0.378 e. The molecule has 0 unspecified atom stereocenters. The third-order valence-electron chi connectivity index (χ3n) is 5.49. The van der Waals surface area contributed by atoms with Crippen molar-refractivity contribution in [3.8, 4) is 0 Å². The van der Waals surface area contributed by atoms with Crippen LogP contribution < -0.4 is 14.6 Å². The monoisotopic (exact) mass is 478 g/mol. The van der Waals surface area contributed by atoms with Crippen LogP contribution in [0.1, 0.15) is 22.3 Å². The minimum absolute atomic E-state index is 0.119. The average molecular weight is 479 g/mol. The lowest BCUT2D eigenvalue weighted by Gasteiger charge is -2.24. The van der Waals surface area contributed by atoms with Crippen molar-refractivity contribution in [2.24, 2.45) is 5.10 Å². The molecule has 7 nitrogen and oxygen atoms in total. The van der Waals surface area contributed by atoms with Gasteiger partial charge >= 0.3 is 0 Å². The molecule has 0 heterocycles. The molecule has 0 bridgehead atoms. The number of hydrazone groups is 1. The normalized spacial score (nSPS) is 11.4. The molecule has 0 radical (unpaired) electrons. The van der Waals surface area contributed by atoms with Crippen molar-refractivity contribution in [1.29, 1.82) is 0 Å². The molecule has 3 aromatic carbocycles. The Labute approximate surface area is 201 Å². The standard InChI is InChI=1S/C26H30N4O3S/c1-19-6-14-25(15-7-19)34(32,33)30(24-11-8-20(2)21(3)16-24)18-26(31)28-27-17-22-9-12-23(13-10-22)29(4)5/h6-17H,18H2,1-5H3,(H,28,31)/b27-17-. The lowest BCUT2D eigenvalue weighted by atomic mass is 10.1. The molecule has 0 saturated heterocycles. The van der Waals surface area contributed by atoms with Gasteiger partial charge in [-0.25, -0.2) is 13.8 Å². The zero-order valence-corrected chi connectivity index (χ0v) is 20.9. The van der Waals surface area contributed by atoms with Crippen molar-refractivity contribution < 1.29 is 13.2 Å². The molecule has 1 amide bonds. The van der Waals surface area contributed by atoms with Gasteiger partial charge in [0.2, 0.25) is 0 Å². The van der Waals surface area contributed by atoms with Crippen LogP contribution in [-0.2, 0) is 14.8 Å². The summed E-state index contributed by atoms with van der Waals surface area (Å²) in [5.41, 5.74) is 7.63. The summed E-state index contributed by atoms with van der Waals surface area (Å²) < 4.78 is 28.0. The summed E-state index contributed by atoms with van der Waals surface area (Å²) in [6.07, 6.45) is 1.52. The van der Waals surface area contributed by atoms with Crippen LogP contribution in [0.15, 0.2) is 76.7 Å². The number of carbonyl (C=O) groups excluding carboxylic acids is 1. The largest absolute Gasteiger partial charge is 0.378 e. The number of aryl methyl sites for hydroxylation is 3. The number of benzene rings is 3. The Morgan fingerprint density at radius 2 is 1.50 bits per heavy atom. The summed E-state index contributed by atoms with van der Waals surface area (Å²) >= 11 is 0. The van der Waals surface area contributed by atoms with Crippen LogP contribution in [0.5, 0.6) is 0 Å². The second-order valence-electron chi connectivity index (χ2n) is 8.37. The van der Waals surface area contributed by atoms with Gasteiger partial charge < -0.3 is 4.90 Å². The number of amides is 1. The van der Waals surface area contributed by atoms with Gasteiger partial charge in [-0.3, -0.25) is 9.10 Å². The molecule has 0 fully saturated rings. The van der Waals surface area contributed by atoms with Crippen LogP contribution in [0.4, 0.5) is 11.4 Å². The minimum atomic E-state index is -3.97. The van der Waals surface area contributed by atoms with Crippen molar-refractivity contribution in [2.45, 2.75) is 25.7 Å². The van der Waals surface area contributed by atoms with Gasteiger partial charge in [0.1, 0.15) is 6.54 Å². The fraction of sp³-hybridized carbons (Fsp3) is 0.231. The summed E-state index contributed by atoms with van der Waals surface area (Å²) in [6.45, 7) is 5.33. The van der Waals surface area contributed by atoms with E-state index in [2.05, 4.69) is 10.5 Å². The maximum atomic E-state index is 13.5. The molecule has 34 heavy (non-hydrogen) atoms. The summed E-state index contributed by atoms with van der Waals surface area (Å²) in [4.78, 5) is 14.8. The third-order valence-corrected chi connectivity index (χ3v) is 7.28. The molecule has 0 aliphatic rings. The lowest BCUT2D eigenvalue weighted by Crippen LogP contribution is -2.39. The SMILES string of the molecule is Cc1ccc(S(=O)(=O)N(CC(=O)N/N=C\c2ccc(N(C)C)cc2)c2ccc(C)c(C)c2)cc1. The van der Waals surface area contributed by atoms with E-state index in [0.29, 0.717) is 5.69 Å². The first kappa shape index (κ1) is 25.0. The molecule has 0 saturated carbocycles. The first-order chi connectivity index (χ1) is 16.1. The van der Waals surface area contributed by atoms with Crippen LogP contribution >= 0.6 is 0 Å². The molecule has 0 aromatic heterocycles. The highest BCUT2D eigenvalue weighted by molar-refractivity contribution is 7.92. The first-order valence-corrected chi connectivity index (χ1v) is 12.3. The zero-order valence-electron chi connectivity index (χ0n) is 20.1. The van der Waals surface area contributed by atoms with E-state index in [4.69, 9.17) is 0 Å². The second-order valence-corrected chi connectivity index (χ2v) is 10.2. The third kappa shape index (κ3) is 6.02. The van der Waals surface area contributed by atoms with Crippen LogP contribution in [0.25, 0.3) is 0 Å². The van der Waals surface area contributed by atoms with Gasteiger partial charge in [0, 0.05) is 19.8 Å². The molecule has 0 aliphatic carbocycles. The number of rotatable bonds is 8. The van der Waals surface area contributed by atoms with Crippen molar-refractivity contribution in [1.82, 2.24) is 5.43 Å². The second kappa shape index (κ2) is 10.5. The molecule has 1 N–H and O–H groups in total. The molecule has 0 aliphatic heterocycles. The highest BCUT2D eigenvalue weighted by Gasteiger charge is 2.27. The summed E-state index contributed by atoms with van der Waals surface area (Å²) in [7, 11) is -0.0624. The summed E-state index contributed by atoms with van der Waals surface area (Å²) in [6, 6.07) is 19.5. The van der Waals surface area contributed by atoms with Crippen LogP contribution in [-0.4, -0.2) is 41.2 Å². The first-order valence-electron chi connectivity index (χ1n) is 10.8. The van der Waals surface area contributed by atoms with E-state index in [1.165, 1.54) is 6.21 Å². The Morgan fingerprint density at radius 1 is 0.882 bits per heavy atom. The van der Waals surface area contributed by atoms with E-state index < -0.39 is 22.5 Å². The Kier molecular flexibility index (Phi) is 7.73. The molecule has 3 aromatic rings. The average Bonchev–Trinajstić information content (AvgIpc) is 2.80. The molecular weight excluding hydrogens is 448 g/mol. The lowest BCUT2D eigenvalue weighted by molar-refractivity contribution is -0.119. The number of anilines is 2. The van der Waals surface area contributed by atoms with E-state index >= 15 is 0 Å². The van der Waals surface area contributed by atoms with Gasteiger partial charge in [-0.2, -0.15) is 5.10 Å². The maximum absolute atomic E-state index is 13.5. The van der Waals surface area contributed by atoms with Crippen molar-refractivity contribution in [3.05, 3.63) is 89.0 Å². The molecular formula is C26H30N4O3S. The molecule has 178 valence electrons. The van der Waals surface area contributed by atoms with E-state index in [-0.39, 0.29) is 4.90 Å². The molecule has 0 atom stereocenters. The van der Waals surface area contributed by atoms with E-state index in [9.17, 15) is 13.2 Å². The van der Waals surface area contributed by atoms with Crippen LogP contribution in [0, 0.1) is 20.8 Å². The fourth-order valence-electron chi connectivity index (χ4n) is 3.24. The summed E-state index contributed by atoms with van der Waals surface area (Å²) in [5.74, 6) is -0.546. The number of nitrogens with zero attached hydrogens (tertiary/aromatic N) is 3. The topological polar surface area (TPSA) is 82.1 Å². The highest BCUT2D eigenvalue weighted by Crippen LogP contribution is 2.26. The predicted octanol–water partition coefficient (Wildman–Crippen LogP) is 4.02. The van der Waals surface area contributed by atoms with Crippen LogP contribution in [0.3, 0.4) is 0 Å². The van der Waals surface area contributed by atoms with Crippen molar-refractivity contribution in [2.75, 3.05) is 29.8 Å². The van der Waals surface area contributed by atoms with E-state index in [1.807, 2.05) is 70.1 Å². The smallest absolute Gasteiger partial charge is 0.264 e. The van der Waals surface area contributed by atoms with Crippen molar-refractivity contribution in [3.63, 3.8) is 0 Å². The number of carbonyl (C=O) groups is 1. The zero-order chi connectivity index (χ0) is 24.9. The maximum Gasteiger partial charge on any atom is 0.264 e. The Morgan fingerprint density at radius 3 is 2.09 bits per heavy atom. The van der Waals surface area contributed by atoms with Gasteiger partial charge in [-0.15, -0.1) is 0 Å². The number of sulfonamides is 1. The van der Waals surface area contributed by atoms with Crippen molar-refractivity contribution >= 4 is 33.5 Å². The Balaban J connectivity index is 1.82. The Hall–Kier alpha value is -3.65. The quantitative estimate of drug-likeness (QED) is 0.392. The number of hydrogen-bond donors (Lipinski definition) is 1. The van der Waals surface area contributed by atoms with Crippen LogP contribution in [0.2, 0.25) is 0 Å². The van der Waals surface area contributed by atoms with Gasteiger partial charge in [-0.1, -0.05) is 35.9 Å². The van der Waals surface area contributed by atoms with Gasteiger partial charge in [-0.05, 0) is 73.9 Å². The summed E-state index contributed by atoms with van der Waals surface area (Å²) in [5, 5.41) is 4.00.